The zero-order valence-electron chi connectivity index (χ0n) is 15.9. The zero-order chi connectivity index (χ0) is 21.0. The molecular formula is C23H18N2O4. The Kier molecular flexibility index (Phi) is 5.61. The fraction of sp³-hybridized carbons (Fsp3) is 0.0870. The lowest BCUT2D eigenvalue weighted by atomic mass is 10.0. The molecule has 0 aliphatic rings. The van der Waals surface area contributed by atoms with Crippen molar-refractivity contribution in [3.8, 4) is 17.4 Å². The summed E-state index contributed by atoms with van der Waals surface area (Å²) in [6.45, 7) is 3.61. The molecule has 1 heterocycles. The molecule has 0 spiro atoms. The molecule has 0 radical (unpaired) electrons. The summed E-state index contributed by atoms with van der Waals surface area (Å²) in [5.74, 6) is -0.792. The molecule has 0 bridgehead atoms. The van der Waals surface area contributed by atoms with Gasteiger partial charge in [0.05, 0.1) is 5.56 Å². The van der Waals surface area contributed by atoms with Gasteiger partial charge in [-0.05, 0) is 55.3 Å². The maximum absolute atomic E-state index is 12.4. The average Bonchev–Trinajstić information content (AvgIpc) is 3.14. The second kappa shape index (κ2) is 8.28. The van der Waals surface area contributed by atoms with Gasteiger partial charge in [-0.15, -0.1) is 0 Å². The van der Waals surface area contributed by atoms with Crippen LogP contribution in [0.3, 0.4) is 0 Å². The predicted octanol–water partition coefficient (Wildman–Crippen LogP) is 4.81. The van der Waals surface area contributed by atoms with Crippen molar-refractivity contribution in [3.05, 3.63) is 82.6 Å². The second-order valence-corrected chi connectivity index (χ2v) is 6.48. The SMILES string of the molecule is Cc1cccc(NC(=O)/C(C#N)=C\c2ccc(-c3cccc(C(=O)O)c3C)o2)c1. The van der Waals surface area contributed by atoms with Crippen molar-refractivity contribution in [1.29, 1.82) is 5.26 Å². The van der Waals surface area contributed by atoms with Crippen molar-refractivity contribution in [3.63, 3.8) is 0 Å². The van der Waals surface area contributed by atoms with Gasteiger partial charge in [0.1, 0.15) is 23.2 Å². The van der Waals surface area contributed by atoms with Crippen LogP contribution in [0.1, 0.15) is 27.2 Å². The third kappa shape index (κ3) is 4.42. The van der Waals surface area contributed by atoms with Gasteiger partial charge in [0.25, 0.3) is 5.91 Å². The van der Waals surface area contributed by atoms with E-state index >= 15 is 0 Å². The van der Waals surface area contributed by atoms with Crippen molar-refractivity contribution >= 4 is 23.6 Å². The van der Waals surface area contributed by atoms with Crippen LogP contribution in [0, 0.1) is 25.2 Å². The fourth-order valence-electron chi connectivity index (χ4n) is 2.92. The van der Waals surface area contributed by atoms with E-state index in [2.05, 4.69) is 5.32 Å². The molecule has 0 unspecified atom stereocenters. The third-order valence-electron chi connectivity index (χ3n) is 4.38. The molecule has 29 heavy (non-hydrogen) atoms. The van der Waals surface area contributed by atoms with E-state index in [4.69, 9.17) is 4.42 Å². The topological polar surface area (TPSA) is 103 Å². The van der Waals surface area contributed by atoms with Crippen molar-refractivity contribution in [2.75, 3.05) is 5.32 Å². The van der Waals surface area contributed by atoms with Gasteiger partial charge in [-0.3, -0.25) is 4.79 Å². The Morgan fingerprint density at radius 3 is 2.55 bits per heavy atom. The number of benzene rings is 2. The van der Waals surface area contributed by atoms with E-state index in [1.165, 1.54) is 12.1 Å². The number of carboxylic acids is 1. The van der Waals surface area contributed by atoms with Gasteiger partial charge in [-0.1, -0.05) is 24.3 Å². The highest BCUT2D eigenvalue weighted by Crippen LogP contribution is 2.28. The molecular weight excluding hydrogens is 368 g/mol. The number of hydrogen-bond donors (Lipinski definition) is 2. The molecule has 6 heteroatoms. The first-order valence-electron chi connectivity index (χ1n) is 8.82. The number of hydrogen-bond acceptors (Lipinski definition) is 4. The van der Waals surface area contributed by atoms with Crippen LogP contribution in [0.4, 0.5) is 5.69 Å². The van der Waals surface area contributed by atoms with E-state index in [0.717, 1.165) is 5.56 Å². The molecule has 0 saturated heterocycles. The summed E-state index contributed by atoms with van der Waals surface area (Å²) in [5, 5.41) is 21.3. The number of rotatable bonds is 5. The number of anilines is 1. The van der Waals surface area contributed by atoms with E-state index < -0.39 is 11.9 Å². The highest BCUT2D eigenvalue weighted by molar-refractivity contribution is 6.09. The van der Waals surface area contributed by atoms with Crippen LogP contribution in [0.2, 0.25) is 0 Å². The third-order valence-corrected chi connectivity index (χ3v) is 4.38. The summed E-state index contributed by atoms with van der Waals surface area (Å²) in [7, 11) is 0. The first kappa shape index (κ1) is 19.6. The first-order chi connectivity index (χ1) is 13.9. The van der Waals surface area contributed by atoms with Crippen LogP contribution in [-0.2, 0) is 4.79 Å². The molecule has 0 atom stereocenters. The Morgan fingerprint density at radius 1 is 1.10 bits per heavy atom. The normalized spacial score (nSPS) is 11.0. The van der Waals surface area contributed by atoms with Crippen LogP contribution in [0.15, 0.2) is 64.6 Å². The maximum Gasteiger partial charge on any atom is 0.335 e. The highest BCUT2D eigenvalue weighted by atomic mass is 16.4. The van der Waals surface area contributed by atoms with Crippen molar-refractivity contribution in [2.24, 2.45) is 0 Å². The van der Waals surface area contributed by atoms with E-state index in [1.807, 2.05) is 25.1 Å². The van der Waals surface area contributed by atoms with E-state index in [0.29, 0.717) is 28.3 Å². The Balaban J connectivity index is 1.86. The molecule has 6 nitrogen and oxygen atoms in total. The Hall–Kier alpha value is -4.11. The summed E-state index contributed by atoms with van der Waals surface area (Å²) in [5.41, 5.74) is 2.86. The number of nitriles is 1. The molecule has 2 N–H and O–H groups in total. The molecule has 0 aliphatic heterocycles. The number of nitrogens with zero attached hydrogens (tertiary/aromatic N) is 1. The van der Waals surface area contributed by atoms with Crippen molar-refractivity contribution < 1.29 is 19.1 Å². The molecule has 0 saturated carbocycles. The van der Waals surface area contributed by atoms with Crippen molar-refractivity contribution in [2.45, 2.75) is 13.8 Å². The monoisotopic (exact) mass is 386 g/mol. The smallest absolute Gasteiger partial charge is 0.335 e. The number of carbonyl (C=O) groups is 2. The van der Waals surface area contributed by atoms with Crippen LogP contribution in [-0.4, -0.2) is 17.0 Å². The molecule has 2 aromatic carbocycles. The van der Waals surface area contributed by atoms with Gasteiger partial charge in [0.2, 0.25) is 0 Å². The molecule has 0 aliphatic carbocycles. The number of nitrogens with one attached hydrogen (secondary N) is 1. The lowest BCUT2D eigenvalue weighted by Gasteiger charge is -2.06. The van der Waals surface area contributed by atoms with Gasteiger partial charge < -0.3 is 14.8 Å². The van der Waals surface area contributed by atoms with Crippen LogP contribution >= 0.6 is 0 Å². The number of aromatic carboxylic acids is 1. The Bertz CT molecular complexity index is 1170. The molecule has 0 fully saturated rings. The minimum Gasteiger partial charge on any atom is -0.478 e. The number of furan rings is 1. The average molecular weight is 386 g/mol. The number of carbonyl (C=O) groups excluding carboxylic acids is 1. The largest absolute Gasteiger partial charge is 0.478 e. The van der Waals surface area contributed by atoms with Gasteiger partial charge in [0, 0.05) is 17.3 Å². The summed E-state index contributed by atoms with van der Waals surface area (Å²) >= 11 is 0. The lowest BCUT2D eigenvalue weighted by Crippen LogP contribution is -2.13. The van der Waals surface area contributed by atoms with E-state index in [-0.39, 0.29) is 11.1 Å². The number of amides is 1. The van der Waals surface area contributed by atoms with Crippen molar-refractivity contribution in [1.82, 2.24) is 0 Å². The molecule has 144 valence electrons. The van der Waals surface area contributed by atoms with Gasteiger partial charge in [-0.25, -0.2) is 4.79 Å². The number of carboxylic acid groups (broad SMARTS) is 1. The van der Waals surface area contributed by atoms with Crippen LogP contribution < -0.4 is 5.32 Å². The van der Waals surface area contributed by atoms with E-state index in [1.54, 1.807) is 43.3 Å². The summed E-state index contributed by atoms with van der Waals surface area (Å²) in [6, 6.07) is 17.4. The Morgan fingerprint density at radius 2 is 1.86 bits per heavy atom. The van der Waals surface area contributed by atoms with Gasteiger partial charge in [0.15, 0.2) is 0 Å². The second-order valence-electron chi connectivity index (χ2n) is 6.48. The molecule has 3 aromatic rings. The van der Waals surface area contributed by atoms with Crippen LogP contribution in [0.5, 0.6) is 0 Å². The Labute approximate surface area is 167 Å². The van der Waals surface area contributed by atoms with Gasteiger partial charge >= 0.3 is 5.97 Å². The fourth-order valence-corrected chi connectivity index (χ4v) is 2.92. The maximum atomic E-state index is 12.4. The lowest BCUT2D eigenvalue weighted by molar-refractivity contribution is -0.112. The quantitative estimate of drug-likeness (QED) is 0.484. The number of aryl methyl sites for hydroxylation is 1. The standard InChI is InChI=1S/C23H18N2O4/c1-14-5-3-6-17(11-14)25-22(26)16(13-24)12-18-9-10-21(29-18)19-7-4-8-20(15(19)2)23(27)28/h3-12H,1-2H3,(H,25,26)(H,27,28)/b16-12-. The zero-order valence-corrected chi connectivity index (χ0v) is 15.9. The van der Waals surface area contributed by atoms with Gasteiger partial charge in [-0.2, -0.15) is 5.26 Å². The van der Waals surface area contributed by atoms with Crippen LogP contribution in [0.25, 0.3) is 17.4 Å². The molecule has 1 amide bonds. The first-order valence-corrected chi connectivity index (χ1v) is 8.82. The summed E-state index contributed by atoms with van der Waals surface area (Å²) < 4.78 is 5.74. The summed E-state index contributed by atoms with van der Waals surface area (Å²) in [6.07, 6.45) is 1.35. The predicted molar refractivity (Wildman–Crippen MR) is 109 cm³/mol. The van der Waals surface area contributed by atoms with E-state index in [9.17, 15) is 20.0 Å². The minimum atomic E-state index is -1.02. The summed E-state index contributed by atoms with van der Waals surface area (Å²) in [4.78, 5) is 23.7. The highest BCUT2D eigenvalue weighted by Gasteiger charge is 2.15. The molecule has 3 rings (SSSR count). The molecule has 1 aromatic heterocycles. The minimum absolute atomic E-state index is 0.108.